The number of allylic oxidation sites excluding steroid dienone is 16. The van der Waals surface area contributed by atoms with Crippen LogP contribution in [0.3, 0.4) is 0 Å². The van der Waals surface area contributed by atoms with Crippen LogP contribution in [-0.2, 0) is 0 Å². The average molecular weight is 456 g/mol. The third-order valence-electron chi connectivity index (χ3n) is 3.42. The Morgan fingerprint density at radius 3 is 0.853 bits per heavy atom. The van der Waals surface area contributed by atoms with Crippen molar-refractivity contribution < 1.29 is 0 Å². The van der Waals surface area contributed by atoms with Crippen molar-refractivity contribution in [2.75, 3.05) is 0 Å². The predicted molar refractivity (Wildman–Crippen MR) is 170 cm³/mol. The van der Waals surface area contributed by atoms with Gasteiger partial charge in [0.05, 0.1) is 31.4 Å². The molecule has 0 aromatic carbocycles. The molecular formula is C30H52B4. The van der Waals surface area contributed by atoms with Crippen molar-refractivity contribution in [2.24, 2.45) is 11.8 Å². The van der Waals surface area contributed by atoms with Crippen molar-refractivity contribution in [2.45, 2.75) is 82.7 Å². The lowest BCUT2D eigenvalue weighted by atomic mass is 9.99. The maximum absolute atomic E-state index is 4.50. The van der Waals surface area contributed by atoms with Gasteiger partial charge in [-0.25, -0.2) is 0 Å². The first-order chi connectivity index (χ1) is 16.9. The molecule has 0 aliphatic heterocycles. The molecule has 8 radical (unpaired) electrons. The van der Waals surface area contributed by atoms with Gasteiger partial charge in [0.25, 0.3) is 0 Å². The molecule has 0 saturated carbocycles. The minimum absolute atomic E-state index is 0.579. The van der Waals surface area contributed by atoms with Gasteiger partial charge >= 0.3 is 0 Å². The van der Waals surface area contributed by atoms with E-state index < -0.39 is 0 Å². The molecule has 0 aromatic heterocycles. The summed E-state index contributed by atoms with van der Waals surface area (Å²) < 4.78 is 0. The summed E-state index contributed by atoms with van der Waals surface area (Å²) >= 11 is 0. The molecule has 2 atom stereocenters. The summed E-state index contributed by atoms with van der Waals surface area (Å²) in [6.07, 6.45) is 30.0. The first-order valence-electron chi connectivity index (χ1n) is 12.7. The highest BCUT2D eigenvalue weighted by molar-refractivity contribution is 6.06. The van der Waals surface area contributed by atoms with E-state index in [1.807, 2.05) is 55.4 Å². The third-order valence-corrected chi connectivity index (χ3v) is 3.42. The maximum atomic E-state index is 4.50. The van der Waals surface area contributed by atoms with E-state index >= 15 is 0 Å². The molecule has 4 aliphatic carbocycles. The Hall–Kier alpha value is -1.82. The Morgan fingerprint density at radius 2 is 0.618 bits per heavy atom. The third kappa shape index (κ3) is 24.8. The number of hydrogen-bond acceptors (Lipinski definition) is 0. The molecule has 0 heterocycles. The zero-order valence-electron chi connectivity index (χ0n) is 24.5. The van der Waals surface area contributed by atoms with Crippen molar-refractivity contribution in [3.05, 3.63) is 96.2 Å². The van der Waals surface area contributed by atoms with Crippen LogP contribution in [-0.4, -0.2) is 31.4 Å². The fraction of sp³-hybridized carbons (Fsp3) is 0.467. The zero-order chi connectivity index (χ0) is 28.2. The monoisotopic (exact) mass is 456 g/mol. The van der Waals surface area contributed by atoms with Crippen molar-refractivity contribution in [3.8, 4) is 0 Å². The van der Waals surface area contributed by atoms with Crippen LogP contribution in [0.4, 0.5) is 0 Å². The van der Waals surface area contributed by atoms with Crippen LogP contribution in [0, 0.1) is 11.8 Å². The van der Waals surface area contributed by atoms with E-state index in [-0.39, 0.29) is 0 Å². The lowest BCUT2D eigenvalue weighted by Crippen LogP contribution is -1.92. The first kappa shape index (κ1) is 45.6. The first-order valence-corrected chi connectivity index (χ1v) is 12.7. The Kier molecular flexibility index (Phi) is 65.2. The van der Waals surface area contributed by atoms with Crippen LogP contribution in [0.2, 0.25) is 27.3 Å². The Morgan fingerprint density at radius 1 is 0.382 bits per heavy atom. The van der Waals surface area contributed by atoms with Crippen LogP contribution in [0.15, 0.2) is 96.2 Å². The van der Waals surface area contributed by atoms with Crippen LogP contribution >= 0.6 is 0 Å². The van der Waals surface area contributed by atoms with Gasteiger partial charge in [0.15, 0.2) is 0 Å². The molecule has 0 nitrogen and oxygen atoms in total. The van der Waals surface area contributed by atoms with Gasteiger partial charge in [-0.05, 0) is 11.1 Å². The number of hydrogen-bond donors (Lipinski definition) is 0. The smallest absolute Gasteiger partial charge is 0.0606 e. The van der Waals surface area contributed by atoms with Crippen molar-refractivity contribution in [3.63, 3.8) is 0 Å². The van der Waals surface area contributed by atoms with E-state index in [4.69, 9.17) is 0 Å². The second kappa shape index (κ2) is 48.6. The number of fused-ring (bicyclic) bond motifs is 2. The van der Waals surface area contributed by atoms with E-state index in [1.165, 1.54) is 38.4 Å². The van der Waals surface area contributed by atoms with Crippen molar-refractivity contribution in [1.29, 1.82) is 0 Å². The summed E-state index contributed by atoms with van der Waals surface area (Å²) in [5, 5.41) is 0. The summed E-state index contributed by atoms with van der Waals surface area (Å²) in [6, 6.07) is 0. The SMILES string of the molecule is C1=CC2=CC=CC2C=C1.C1=CC2=CC=CC2C=C1.CC.CC.CC.CC.[B]C.[B]C.[B]C.[B]C. The molecule has 0 fully saturated rings. The molecule has 0 aromatic rings. The molecule has 184 valence electrons. The Bertz CT molecular complexity index is 523. The highest BCUT2D eigenvalue weighted by Crippen LogP contribution is 2.24. The van der Waals surface area contributed by atoms with Gasteiger partial charge in [-0.15, -0.1) is 0 Å². The minimum Gasteiger partial charge on any atom is -0.0999 e. The van der Waals surface area contributed by atoms with Gasteiger partial charge in [-0.1, -0.05) is 168 Å². The standard InChI is InChI=1S/2C9H8.4C2H6.4CH3B/c2*1-2-5-9-7-3-6-8(9)4-1;8*1-2/h2*1-8H;4*1-2H3;4*1H3. The van der Waals surface area contributed by atoms with Gasteiger partial charge in [0, 0.05) is 11.8 Å². The molecule has 0 amide bonds. The van der Waals surface area contributed by atoms with Gasteiger partial charge in [-0.3, -0.25) is 0 Å². The highest BCUT2D eigenvalue weighted by atomic mass is 14.1. The summed E-state index contributed by atoms with van der Waals surface area (Å²) in [5.74, 6) is 1.16. The molecule has 0 N–H and O–H groups in total. The molecule has 4 rings (SSSR count). The average Bonchev–Trinajstić information content (AvgIpc) is 3.68. The number of rotatable bonds is 0. The summed E-state index contributed by atoms with van der Waals surface area (Å²) in [7, 11) is 18.0. The quantitative estimate of drug-likeness (QED) is 0.319. The molecule has 0 spiro atoms. The molecule has 0 saturated heterocycles. The minimum atomic E-state index is 0.579. The molecule has 0 bridgehead atoms. The zero-order valence-corrected chi connectivity index (χ0v) is 24.5. The molecule has 4 aliphatic rings. The molecule has 2 unspecified atom stereocenters. The van der Waals surface area contributed by atoms with Crippen molar-refractivity contribution in [1.82, 2.24) is 0 Å². The fourth-order valence-corrected chi connectivity index (χ4v) is 2.40. The van der Waals surface area contributed by atoms with E-state index in [9.17, 15) is 0 Å². The van der Waals surface area contributed by atoms with Crippen LogP contribution in [0.25, 0.3) is 0 Å². The van der Waals surface area contributed by atoms with E-state index in [1.54, 1.807) is 0 Å². The maximum Gasteiger partial charge on any atom is 0.0606 e. The van der Waals surface area contributed by atoms with Gasteiger partial charge in [-0.2, -0.15) is 0 Å². The Labute approximate surface area is 221 Å². The second-order valence-corrected chi connectivity index (χ2v) is 4.64. The second-order valence-electron chi connectivity index (χ2n) is 4.64. The lowest BCUT2D eigenvalue weighted by Gasteiger charge is -2.06. The highest BCUT2D eigenvalue weighted by Gasteiger charge is 2.10. The summed E-state index contributed by atoms with van der Waals surface area (Å²) in [4.78, 5) is 0. The van der Waals surface area contributed by atoms with Crippen molar-refractivity contribution >= 4 is 31.4 Å². The van der Waals surface area contributed by atoms with Gasteiger partial charge < -0.3 is 0 Å². The Balaban J connectivity index is -0.0000000735. The summed E-state index contributed by atoms with van der Waals surface area (Å²) in [5.41, 5.74) is 2.83. The largest absolute Gasteiger partial charge is 0.0999 e. The topological polar surface area (TPSA) is 0 Å². The van der Waals surface area contributed by atoms with Gasteiger partial charge in [0.1, 0.15) is 0 Å². The van der Waals surface area contributed by atoms with E-state index in [0.29, 0.717) is 11.8 Å². The van der Waals surface area contributed by atoms with Gasteiger partial charge in [0.2, 0.25) is 0 Å². The van der Waals surface area contributed by atoms with E-state index in [2.05, 4.69) is 116 Å². The van der Waals surface area contributed by atoms with Crippen LogP contribution in [0.1, 0.15) is 55.4 Å². The fourth-order valence-electron chi connectivity index (χ4n) is 2.40. The molecule has 4 heteroatoms. The summed E-state index contributed by atoms with van der Waals surface area (Å²) in [6.45, 7) is 22.0. The predicted octanol–water partition coefficient (Wildman–Crippen LogP) is 9.37. The van der Waals surface area contributed by atoms with E-state index in [0.717, 1.165) is 0 Å². The normalized spacial score (nSPS) is 16.4. The van der Waals surface area contributed by atoms with Crippen LogP contribution < -0.4 is 0 Å². The molecule has 34 heavy (non-hydrogen) atoms. The van der Waals surface area contributed by atoms with Crippen LogP contribution in [0.5, 0.6) is 0 Å². The molecular weight excluding hydrogens is 404 g/mol. The lowest BCUT2D eigenvalue weighted by molar-refractivity contribution is 1.02.